The van der Waals surface area contributed by atoms with Gasteiger partial charge in [0.1, 0.15) is 18.8 Å². The first kappa shape index (κ1) is 20.2. The molecular weight excluding hydrogens is 372 g/mol. The molecule has 0 bridgehead atoms. The van der Waals surface area contributed by atoms with Gasteiger partial charge in [0.05, 0.1) is 13.2 Å². The van der Waals surface area contributed by atoms with Crippen molar-refractivity contribution in [2.24, 2.45) is 0 Å². The van der Waals surface area contributed by atoms with E-state index in [1.165, 1.54) is 0 Å². The Morgan fingerprint density at radius 3 is 2.21 bits per heavy atom. The molecule has 0 N–H and O–H groups in total. The Hall–Kier alpha value is -2.09. The van der Waals surface area contributed by atoms with E-state index in [0.29, 0.717) is 13.2 Å². The van der Waals surface area contributed by atoms with Crippen molar-refractivity contribution in [2.45, 2.75) is 57.5 Å². The van der Waals surface area contributed by atoms with Crippen LogP contribution in [0.3, 0.4) is 0 Å². The summed E-state index contributed by atoms with van der Waals surface area (Å²) in [5, 5.41) is 0. The molecule has 0 amide bonds. The van der Waals surface area contributed by atoms with Crippen molar-refractivity contribution in [2.75, 3.05) is 6.61 Å². The predicted octanol–water partition coefficient (Wildman–Crippen LogP) is 3.23. The Bertz CT molecular complexity index is 807. The van der Waals surface area contributed by atoms with Gasteiger partial charge in [0, 0.05) is 0 Å². The summed E-state index contributed by atoms with van der Waals surface area (Å²) in [6, 6.07) is 19.5. The fourth-order valence-electron chi connectivity index (χ4n) is 3.61. The van der Waals surface area contributed by atoms with Crippen molar-refractivity contribution >= 4 is 5.78 Å². The average molecular weight is 398 g/mol. The summed E-state index contributed by atoms with van der Waals surface area (Å²) in [4.78, 5) is 12.8. The molecule has 2 saturated heterocycles. The maximum Gasteiger partial charge on any atom is 0.190 e. The van der Waals surface area contributed by atoms with Crippen LogP contribution in [0.15, 0.2) is 60.7 Å². The minimum absolute atomic E-state index is 0.0619. The van der Waals surface area contributed by atoms with Crippen molar-refractivity contribution in [1.82, 2.24) is 0 Å². The quantitative estimate of drug-likeness (QED) is 0.680. The molecule has 4 atom stereocenters. The summed E-state index contributed by atoms with van der Waals surface area (Å²) in [5.41, 5.74) is 2.02. The molecule has 0 spiro atoms. The highest BCUT2D eigenvalue weighted by Crippen LogP contribution is 2.39. The van der Waals surface area contributed by atoms with Crippen LogP contribution in [0.4, 0.5) is 0 Å². The van der Waals surface area contributed by atoms with Gasteiger partial charge >= 0.3 is 0 Å². The fraction of sp³-hybridized carbons (Fsp3) is 0.435. The number of Topliss-reactive ketones (excluding diaryl/α,β-unsaturated/α-hetero) is 1. The van der Waals surface area contributed by atoms with Crippen molar-refractivity contribution in [3.05, 3.63) is 71.8 Å². The zero-order valence-corrected chi connectivity index (χ0v) is 16.7. The molecule has 2 aromatic rings. The van der Waals surface area contributed by atoms with Gasteiger partial charge in [-0.3, -0.25) is 4.79 Å². The molecule has 154 valence electrons. The lowest BCUT2D eigenvalue weighted by atomic mass is 10.1. The van der Waals surface area contributed by atoms with Crippen LogP contribution in [0, 0.1) is 0 Å². The number of ether oxygens (including phenoxy) is 5. The molecule has 6 heteroatoms. The van der Waals surface area contributed by atoms with Gasteiger partial charge in [-0.15, -0.1) is 0 Å². The third-order valence-corrected chi connectivity index (χ3v) is 4.95. The molecular formula is C23H26O6. The van der Waals surface area contributed by atoms with Gasteiger partial charge in [0.25, 0.3) is 0 Å². The van der Waals surface area contributed by atoms with Gasteiger partial charge in [-0.05, 0) is 25.0 Å². The molecule has 2 aliphatic heterocycles. The SMILES string of the molecule is CC1(C)O[C@H]2O[C@H](C(=O)COCc3ccccc3)[C@H](OCc3ccccc3)[C@H]2O1. The van der Waals surface area contributed by atoms with Gasteiger partial charge in [0.15, 0.2) is 24.0 Å². The number of hydrogen-bond acceptors (Lipinski definition) is 6. The molecule has 2 heterocycles. The monoisotopic (exact) mass is 398 g/mol. The second-order valence-electron chi connectivity index (χ2n) is 7.73. The zero-order valence-electron chi connectivity index (χ0n) is 16.7. The van der Waals surface area contributed by atoms with Crippen molar-refractivity contribution in [3.8, 4) is 0 Å². The normalized spacial score (nSPS) is 27.7. The number of rotatable bonds is 8. The summed E-state index contributed by atoms with van der Waals surface area (Å²) in [6.45, 7) is 4.30. The Morgan fingerprint density at radius 2 is 1.55 bits per heavy atom. The lowest BCUT2D eigenvalue weighted by Gasteiger charge is -2.25. The van der Waals surface area contributed by atoms with E-state index in [9.17, 15) is 4.79 Å². The van der Waals surface area contributed by atoms with Crippen molar-refractivity contribution in [3.63, 3.8) is 0 Å². The maximum atomic E-state index is 12.8. The number of carbonyl (C=O) groups excluding carboxylic acids is 1. The minimum Gasteiger partial charge on any atom is -0.369 e. The second-order valence-corrected chi connectivity index (χ2v) is 7.73. The first-order valence-electron chi connectivity index (χ1n) is 9.83. The molecule has 0 saturated carbocycles. The number of benzene rings is 2. The largest absolute Gasteiger partial charge is 0.369 e. The number of hydrogen-bond donors (Lipinski definition) is 0. The van der Waals surface area contributed by atoms with E-state index in [1.54, 1.807) is 0 Å². The van der Waals surface area contributed by atoms with E-state index in [2.05, 4.69) is 0 Å². The van der Waals surface area contributed by atoms with E-state index < -0.39 is 30.4 Å². The smallest absolute Gasteiger partial charge is 0.190 e. The Kier molecular flexibility index (Phi) is 6.08. The van der Waals surface area contributed by atoms with E-state index >= 15 is 0 Å². The molecule has 4 rings (SSSR count). The number of carbonyl (C=O) groups is 1. The fourth-order valence-corrected chi connectivity index (χ4v) is 3.61. The van der Waals surface area contributed by atoms with Crippen LogP contribution in [0.2, 0.25) is 0 Å². The molecule has 2 aliphatic rings. The van der Waals surface area contributed by atoms with E-state index in [1.807, 2.05) is 74.5 Å². The molecule has 6 nitrogen and oxygen atoms in total. The molecule has 2 aromatic carbocycles. The van der Waals surface area contributed by atoms with Gasteiger partial charge < -0.3 is 23.7 Å². The standard InChI is InChI=1S/C23H26O6/c1-23(2)28-21-20(26-14-17-11-7-4-8-12-17)19(27-22(21)29-23)18(24)15-25-13-16-9-5-3-6-10-16/h3-12,19-22H,13-15H2,1-2H3/t19-,20+,21-,22-/m1/s1. The van der Waals surface area contributed by atoms with Crippen molar-refractivity contribution < 1.29 is 28.5 Å². The third kappa shape index (κ3) is 4.91. The zero-order chi connectivity index (χ0) is 20.3. The van der Waals surface area contributed by atoms with Crippen LogP contribution in [-0.2, 0) is 41.7 Å². The molecule has 0 radical (unpaired) electrons. The van der Waals surface area contributed by atoms with Crippen LogP contribution in [-0.4, -0.2) is 42.8 Å². The molecule has 0 aliphatic carbocycles. The van der Waals surface area contributed by atoms with Gasteiger partial charge in [-0.25, -0.2) is 0 Å². The Labute approximate surface area is 170 Å². The van der Waals surface area contributed by atoms with E-state index in [4.69, 9.17) is 23.7 Å². The van der Waals surface area contributed by atoms with Gasteiger partial charge in [-0.1, -0.05) is 60.7 Å². The second kappa shape index (κ2) is 8.73. The highest BCUT2D eigenvalue weighted by Gasteiger charge is 2.57. The van der Waals surface area contributed by atoms with Crippen LogP contribution in [0.1, 0.15) is 25.0 Å². The van der Waals surface area contributed by atoms with E-state index in [0.717, 1.165) is 11.1 Å². The lowest BCUT2D eigenvalue weighted by Crippen LogP contribution is -2.42. The first-order chi connectivity index (χ1) is 14.0. The van der Waals surface area contributed by atoms with Crippen molar-refractivity contribution in [1.29, 1.82) is 0 Å². The van der Waals surface area contributed by atoms with E-state index in [-0.39, 0.29) is 12.4 Å². The third-order valence-electron chi connectivity index (χ3n) is 4.95. The molecule has 29 heavy (non-hydrogen) atoms. The Morgan fingerprint density at radius 1 is 0.931 bits per heavy atom. The highest BCUT2D eigenvalue weighted by atomic mass is 16.8. The number of fused-ring (bicyclic) bond motifs is 1. The molecule has 0 unspecified atom stereocenters. The van der Waals surface area contributed by atoms with Crippen LogP contribution in [0.5, 0.6) is 0 Å². The number of ketones is 1. The van der Waals surface area contributed by atoms with Crippen LogP contribution < -0.4 is 0 Å². The predicted molar refractivity (Wildman–Crippen MR) is 105 cm³/mol. The minimum atomic E-state index is -0.791. The lowest BCUT2D eigenvalue weighted by molar-refractivity contribution is -0.219. The highest BCUT2D eigenvalue weighted by molar-refractivity contribution is 5.85. The Balaban J connectivity index is 1.39. The summed E-state index contributed by atoms with van der Waals surface area (Å²) >= 11 is 0. The topological polar surface area (TPSA) is 63.2 Å². The maximum absolute atomic E-state index is 12.8. The van der Waals surface area contributed by atoms with Crippen LogP contribution >= 0.6 is 0 Å². The van der Waals surface area contributed by atoms with Gasteiger partial charge in [-0.2, -0.15) is 0 Å². The summed E-state index contributed by atoms with van der Waals surface area (Å²) in [5.74, 6) is -0.958. The molecule has 2 fully saturated rings. The van der Waals surface area contributed by atoms with Crippen LogP contribution in [0.25, 0.3) is 0 Å². The average Bonchev–Trinajstić information content (AvgIpc) is 3.19. The molecule has 0 aromatic heterocycles. The first-order valence-corrected chi connectivity index (χ1v) is 9.83. The van der Waals surface area contributed by atoms with Gasteiger partial charge in [0.2, 0.25) is 0 Å². The summed E-state index contributed by atoms with van der Waals surface area (Å²) in [7, 11) is 0. The summed E-state index contributed by atoms with van der Waals surface area (Å²) in [6.07, 6.45) is -2.44. The summed E-state index contributed by atoms with van der Waals surface area (Å²) < 4.78 is 29.3.